The zero-order valence-corrected chi connectivity index (χ0v) is 14.5. The molecule has 1 amide bonds. The van der Waals surface area contributed by atoms with Crippen LogP contribution in [0.25, 0.3) is 0 Å². The Kier molecular flexibility index (Phi) is 5.52. The summed E-state index contributed by atoms with van der Waals surface area (Å²) in [4.78, 5) is 13.2. The van der Waals surface area contributed by atoms with Gasteiger partial charge in [-0.3, -0.25) is 4.79 Å². The lowest BCUT2D eigenvalue weighted by molar-refractivity contribution is -0.117. The number of fused-ring (bicyclic) bond motifs is 1. The summed E-state index contributed by atoms with van der Waals surface area (Å²) in [6.45, 7) is 7.26. The predicted octanol–water partition coefficient (Wildman–Crippen LogP) is 4.19. The second-order valence-electron chi connectivity index (χ2n) is 5.17. The number of benzene rings is 1. The van der Waals surface area contributed by atoms with E-state index in [2.05, 4.69) is 52.5 Å². The largest absolute Gasteiger partial charge is 0.324 e. The Morgan fingerprint density at radius 2 is 2.20 bits per heavy atom. The number of hydrogen-bond acceptors (Lipinski definition) is 3. The lowest BCUT2D eigenvalue weighted by atomic mass is 10.1. The molecule has 3 nitrogen and oxygen atoms in total. The number of hydrogen-bond donors (Lipinski definition) is 2. The third kappa shape index (κ3) is 3.38. The molecule has 0 bridgehead atoms. The van der Waals surface area contributed by atoms with E-state index >= 15 is 0 Å². The number of carbonyl (C=O) groups excluding carboxylic acids is 1. The van der Waals surface area contributed by atoms with Crippen molar-refractivity contribution >= 4 is 39.3 Å². The minimum Gasteiger partial charge on any atom is -0.324 e. The Bertz CT molecular complexity index is 507. The third-order valence-electron chi connectivity index (χ3n) is 3.56. The molecule has 2 rings (SSSR count). The molecule has 0 spiro atoms. The fraction of sp³-hybridized carbons (Fsp3) is 0.533. The van der Waals surface area contributed by atoms with Crippen LogP contribution in [0.3, 0.4) is 0 Å². The number of amides is 1. The summed E-state index contributed by atoms with van der Waals surface area (Å²) in [7, 11) is 0. The number of nitrogens with one attached hydrogen (secondary N) is 2. The minimum atomic E-state index is -0.222. The van der Waals surface area contributed by atoms with Crippen molar-refractivity contribution in [2.75, 3.05) is 17.6 Å². The highest BCUT2D eigenvalue weighted by molar-refractivity contribution is 9.10. The number of carbonyl (C=O) groups is 1. The molecule has 0 aliphatic carbocycles. The molecule has 2 N–H and O–H groups in total. The van der Waals surface area contributed by atoms with Crippen molar-refractivity contribution < 1.29 is 4.79 Å². The zero-order chi connectivity index (χ0) is 14.7. The molecule has 2 atom stereocenters. The van der Waals surface area contributed by atoms with Gasteiger partial charge in [0.05, 0.1) is 0 Å². The summed E-state index contributed by atoms with van der Waals surface area (Å²) in [6, 6.07) is 3.93. The molecule has 0 saturated heterocycles. The first-order valence-electron chi connectivity index (χ1n) is 7.07. The minimum absolute atomic E-state index is 0.0397. The van der Waals surface area contributed by atoms with Gasteiger partial charge in [0.15, 0.2) is 0 Å². The molecule has 0 radical (unpaired) electrons. The van der Waals surface area contributed by atoms with E-state index < -0.39 is 0 Å². The summed E-state index contributed by atoms with van der Waals surface area (Å²) in [5.41, 5.74) is 1.98. The Hall–Kier alpha value is -0.520. The molecule has 0 aromatic heterocycles. The van der Waals surface area contributed by atoms with Gasteiger partial charge in [-0.15, -0.1) is 11.8 Å². The van der Waals surface area contributed by atoms with Gasteiger partial charge < -0.3 is 10.6 Å². The van der Waals surface area contributed by atoms with Gasteiger partial charge in [-0.2, -0.15) is 0 Å². The van der Waals surface area contributed by atoms with Crippen LogP contribution in [-0.4, -0.2) is 18.2 Å². The highest BCUT2D eigenvalue weighted by Crippen LogP contribution is 2.39. The van der Waals surface area contributed by atoms with E-state index in [1.54, 1.807) is 0 Å². The maximum Gasteiger partial charge on any atom is 0.246 e. The number of rotatable bonds is 6. The van der Waals surface area contributed by atoms with Crippen LogP contribution in [0, 0.1) is 5.92 Å². The molecule has 1 heterocycles. The Morgan fingerprint density at radius 3 is 2.85 bits per heavy atom. The molecule has 110 valence electrons. The van der Waals surface area contributed by atoms with E-state index in [0.717, 1.165) is 28.0 Å². The van der Waals surface area contributed by atoms with Crippen molar-refractivity contribution in [3.63, 3.8) is 0 Å². The molecule has 2 unspecified atom stereocenters. The summed E-state index contributed by atoms with van der Waals surface area (Å²) in [5.74, 6) is 1.83. The van der Waals surface area contributed by atoms with Crippen molar-refractivity contribution in [1.82, 2.24) is 5.32 Å². The number of anilines is 1. The van der Waals surface area contributed by atoms with Gasteiger partial charge in [0.2, 0.25) is 5.91 Å². The molecule has 1 aromatic rings. The summed E-state index contributed by atoms with van der Waals surface area (Å²) in [5, 5.41) is 6.18. The van der Waals surface area contributed by atoms with Gasteiger partial charge in [-0.1, -0.05) is 27.2 Å². The monoisotopic (exact) mass is 356 g/mol. The first-order chi connectivity index (χ1) is 9.56. The van der Waals surface area contributed by atoms with Crippen LogP contribution in [0.2, 0.25) is 0 Å². The molecule has 0 saturated carbocycles. The van der Waals surface area contributed by atoms with Crippen LogP contribution in [0.15, 0.2) is 21.5 Å². The van der Waals surface area contributed by atoms with E-state index in [4.69, 9.17) is 0 Å². The van der Waals surface area contributed by atoms with Crippen LogP contribution in [0.4, 0.5) is 5.69 Å². The third-order valence-corrected chi connectivity index (χ3v) is 5.87. The van der Waals surface area contributed by atoms with Gasteiger partial charge in [0.1, 0.15) is 6.04 Å². The van der Waals surface area contributed by atoms with Gasteiger partial charge in [-0.25, -0.2) is 0 Å². The molecule has 20 heavy (non-hydrogen) atoms. The number of likely N-dealkylation sites (N-methyl/N-ethyl adjacent to an activating group) is 1. The van der Waals surface area contributed by atoms with E-state index in [0.29, 0.717) is 5.92 Å². The van der Waals surface area contributed by atoms with Crippen molar-refractivity contribution in [1.29, 1.82) is 0 Å². The Morgan fingerprint density at radius 1 is 1.45 bits per heavy atom. The molecular weight excluding hydrogens is 336 g/mol. The molecule has 1 aromatic carbocycles. The Labute approximate surface area is 133 Å². The van der Waals surface area contributed by atoms with E-state index in [9.17, 15) is 4.79 Å². The topological polar surface area (TPSA) is 41.1 Å². The smallest absolute Gasteiger partial charge is 0.246 e. The van der Waals surface area contributed by atoms with Gasteiger partial charge >= 0.3 is 0 Å². The quantitative estimate of drug-likeness (QED) is 0.750. The van der Waals surface area contributed by atoms with E-state index in [1.165, 1.54) is 11.3 Å². The van der Waals surface area contributed by atoms with Crippen LogP contribution in [0.5, 0.6) is 0 Å². The second-order valence-corrected chi connectivity index (χ2v) is 7.09. The standard InChI is InChI=1S/C15H21BrN2OS/c1-4-9(3)8-20-13-7-12-10(6-11(13)16)14(17-5-2)15(19)18-12/h6-7,9,14,17H,4-5,8H2,1-3H3,(H,18,19). The SMILES string of the molecule is CCNC1C(=O)Nc2cc(SCC(C)CC)c(Br)cc21. The lowest BCUT2D eigenvalue weighted by Gasteiger charge is -2.12. The maximum absolute atomic E-state index is 12.0. The first-order valence-corrected chi connectivity index (χ1v) is 8.85. The first kappa shape index (κ1) is 15.9. The van der Waals surface area contributed by atoms with Crippen molar-refractivity contribution in [3.8, 4) is 0 Å². The molecule has 0 fully saturated rings. The average molecular weight is 357 g/mol. The van der Waals surface area contributed by atoms with Crippen LogP contribution in [0.1, 0.15) is 38.8 Å². The summed E-state index contributed by atoms with van der Waals surface area (Å²) < 4.78 is 1.07. The van der Waals surface area contributed by atoms with Gasteiger partial charge in [0, 0.05) is 26.4 Å². The fourth-order valence-corrected chi connectivity index (χ4v) is 3.93. The average Bonchev–Trinajstić information content (AvgIpc) is 2.72. The lowest BCUT2D eigenvalue weighted by Crippen LogP contribution is -2.27. The fourth-order valence-electron chi connectivity index (χ4n) is 2.13. The maximum atomic E-state index is 12.0. The second kappa shape index (κ2) is 6.96. The summed E-state index contributed by atoms with van der Waals surface area (Å²) in [6.07, 6.45) is 1.19. The predicted molar refractivity (Wildman–Crippen MR) is 89.4 cm³/mol. The number of halogens is 1. The summed E-state index contributed by atoms with van der Waals surface area (Å²) >= 11 is 5.48. The Balaban J connectivity index is 2.20. The molecule has 1 aliphatic rings. The van der Waals surface area contributed by atoms with Crippen molar-refractivity contribution in [3.05, 3.63) is 22.2 Å². The van der Waals surface area contributed by atoms with Crippen LogP contribution < -0.4 is 10.6 Å². The van der Waals surface area contributed by atoms with Crippen molar-refractivity contribution in [2.24, 2.45) is 5.92 Å². The molecule has 5 heteroatoms. The normalized spacial score (nSPS) is 18.8. The van der Waals surface area contributed by atoms with Crippen LogP contribution in [-0.2, 0) is 4.79 Å². The molecule has 1 aliphatic heterocycles. The van der Waals surface area contributed by atoms with Crippen molar-refractivity contribution in [2.45, 2.75) is 38.1 Å². The highest BCUT2D eigenvalue weighted by Gasteiger charge is 2.30. The van der Waals surface area contributed by atoms with Crippen LogP contribution >= 0.6 is 27.7 Å². The van der Waals surface area contributed by atoms with Gasteiger partial charge in [0.25, 0.3) is 0 Å². The van der Waals surface area contributed by atoms with Gasteiger partial charge in [-0.05, 0) is 40.5 Å². The van der Waals surface area contributed by atoms with E-state index in [1.807, 2.05) is 18.7 Å². The zero-order valence-electron chi connectivity index (χ0n) is 12.1. The highest BCUT2D eigenvalue weighted by atomic mass is 79.9. The number of thioether (sulfide) groups is 1. The molecular formula is C15H21BrN2OS. The van der Waals surface area contributed by atoms with E-state index in [-0.39, 0.29) is 11.9 Å².